The molecule has 0 atom stereocenters. The molecule has 2 heterocycles. The summed E-state index contributed by atoms with van der Waals surface area (Å²) in [5, 5.41) is 0. The molecular weight excluding hydrogens is 256 g/mol. The van der Waals surface area contributed by atoms with Crippen LogP contribution in [0.25, 0.3) is 22.9 Å². The van der Waals surface area contributed by atoms with E-state index >= 15 is 0 Å². The number of aromatic nitrogens is 4. The fourth-order valence-corrected chi connectivity index (χ4v) is 1.97. The van der Waals surface area contributed by atoms with Gasteiger partial charge in [-0.25, -0.2) is 15.0 Å². The molecule has 0 aliphatic carbocycles. The molecule has 3 rings (SSSR count). The van der Waals surface area contributed by atoms with Crippen LogP contribution in [0.1, 0.15) is 0 Å². The quantitative estimate of drug-likeness (QED) is 0.723. The maximum absolute atomic E-state index is 5.20. The normalized spacial score (nSPS) is 10.3. The van der Waals surface area contributed by atoms with E-state index in [-0.39, 0.29) is 0 Å². The summed E-state index contributed by atoms with van der Waals surface area (Å²) in [7, 11) is 0. The average molecular weight is 266 g/mol. The van der Waals surface area contributed by atoms with Crippen molar-refractivity contribution in [2.45, 2.75) is 0 Å². The Morgan fingerprint density at radius 1 is 0.947 bits per heavy atom. The lowest BCUT2D eigenvalue weighted by Gasteiger charge is -2.04. The zero-order valence-corrected chi connectivity index (χ0v) is 10.8. The van der Waals surface area contributed by atoms with Crippen LogP contribution in [0.15, 0.2) is 54.9 Å². The standard InChI is InChI=1S/C14H10N4S/c19-12-9-11(10-5-2-1-3-6-10)17-14(18-12)13-15-7-4-8-16-13/h1-9H,(H,17,18,19). The Morgan fingerprint density at radius 3 is 2.42 bits per heavy atom. The third-order valence-corrected chi connectivity index (χ3v) is 2.81. The van der Waals surface area contributed by atoms with Gasteiger partial charge in [-0.2, -0.15) is 0 Å². The first-order chi connectivity index (χ1) is 9.33. The van der Waals surface area contributed by atoms with Crippen molar-refractivity contribution in [3.05, 3.63) is 59.5 Å². The van der Waals surface area contributed by atoms with E-state index in [0.29, 0.717) is 16.3 Å². The van der Waals surface area contributed by atoms with Crippen LogP contribution in [-0.4, -0.2) is 19.9 Å². The van der Waals surface area contributed by atoms with Crippen molar-refractivity contribution in [1.82, 2.24) is 19.9 Å². The van der Waals surface area contributed by atoms with Gasteiger partial charge in [0.25, 0.3) is 0 Å². The van der Waals surface area contributed by atoms with Crippen molar-refractivity contribution < 1.29 is 0 Å². The first-order valence-corrected chi connectivity index (χ1v) is 6.18. The molecule has 0 radical (unpaired) electrons. The van der Waals surface area contributed by atoms with Gasteiger partial charge in [0.2, 0.25) is 0 Å². The highest BCUT2D eigenvalue weighted by atomic mass is 32.1. The van der Waals surface area contributed by atoms with Crippen molar-refractivity contribution in [1.29, 1.82) is 0 Å². The monoisotopic (exact) mass is 266 g/mol. The predicted molar refractivity (Wildman–Crippen MR) is 75.9 cm³/mol. The number of aromatic amines is 1. The minimum absolute atomic E-state index is 0.514. The first-order valence-electron chi connectivity index (χ1n) is 5.77. The van der Waals surface area contributed by atoms with E-state index in [4.69, 9.17) is 12.2 Å². The Kier molecular flexibility index (Phi) is 3.12. The van der Waals surface area contributed by atoms with Crippen molar-refractivity contribution in [2.24, 2.45) is 0 Å². The average Bonchev–Trinajstić information content (AvgIpc) is 2.48. The minimum atomic E-state index is 0.514. The Bertz CT molecular complexity index is 677. The Labute approximate surface area is 115 Å². The number of rotatable bonds is 2. The molecular formula is C14H10N4S. The van der Waals surface area contributed by atoms with Gasteiger partial charge in [0, 0.05) is 12.4 Å². The molecule has 5 heteroatoms. The molecule has 0 fully saturated rings. The third-order valence-electron chi connectivity index (χ3n) is 2.61. The summed E-state index contributed by atoms with van der Waals surface area (Å²) in [6.07, 6.45) is 3.35. The number of hydrogen-bond acceptors (Lipinski definition) is 4. The van der Waals surface area contributed by atoms with Gasteiger partial charge >= 0.3 is 0 Å². The van der Waals surface area contributed by atoms with E-state index in [2.05, 4.69) is 19.9 Å². The predicted octanol–water partition coefficient (Wildman–Crippen LogP) is 3.26. The molecule has 1 N–H and O–H groups in total. The fourth-order valence-electron chi connectivity index (χ4n) is 1.76. The second-order valence-corrected chi connectivity index (χ2v) is 4.34. The van der Waals surface area contributed by atoms with E-state index in [9.17, 15) is 0 Å². The molecule has 92 valence electrons. The molecule has 4 nitrogen and oxygen atoms in total. The number of nitrogens with zero attached hydrogens (tertiary/aromatic N) is 3. The van der Waals surface area contributed by atoms with Gasteiger partial charge in [-0.15, -0.1) is 0 Å². The summed E-state index contributed by atoms with van der Waals surface area (Å²) >= 11 is 5.20. The lowest BCUT2D eigenvalue weighted by Crippen LogP contribution is -1.96. The van der Waals surface area contributed by atoms with Crippen LogP contribution >= 0.6 is 12.2 Å². The maximum Gasteiger partial charge on any atom is 0.195 e. The largest absolute Gasteiger partial charge is 0.336 e. The van der Waals surface area contributed by atoms with E-state index in [1.807, 2.05) is 36.4 Å². The van der Waals surface area contributed by atoms with Crippen LogP contribution in [0.4, 0.5) is 0 Å². The topological polar surface area (TPSA) is 54.5 Å². The van der Waals surface area contributed by atoms with Crippen molar-refractivity contribution in [2.75, 3.05) is 0 Å². The van der Waals surface area contributed by atoms with Gasteiger partial charge in [0.05, 0.1) is 5.69 Å². The third kappa shape index (κ3) is 2.56. The number of benzene rings is 1. The number of H-pyrrole nitrogens is 1. The lowest BCUT2D eigenvalue weighted by atomic mass is 10.1. The molecule has 3 aromatic rings. The second-order valence-electron chi connectivity index (χ2n) is 3.92. The Balaban J connectivity index is 2.15. The van der Waals surface area contributed by atoms with E-state index in [0.717, 1.165) is 11.3 Å². The molecule has 0 saturated heterocycles. The SMILES string of the molecule is S=c1cc(-c2ccccc2)[nH]c(-c2ncccn2)n1. The zero-order chi connectivity index (χ0) is 13.1. The summed E-state index contributed by atoms with van der Waals surface area (Å²) in [4.78, 5) is 15.8. The number of hydrogen-bond donors (Lipinski definition) is 1. The highest BCUT2D eigenvalue weighted by Gasteiger charge is 2.05. The van der Waals surface area contributed by atoms with E-state index in [1.54, 1.807) is 18.5 Å². The van der Waals surface area contributed by atoms with Gasteiger partial charge in [0.1, 0.15) is 4.64 Å². The minimum Gasteiger partial charge on any atom is -0.336 e. The van der Waals surface area contributed by atoms with Gasteiger partial charge in [-0.05, 0) is 17.7 Å². The van der Waals surface area contributed by atoms with Crippen LogP contribution in [0, 0.1) is 4.64 Å². The van der Waals surface area contributed by atoms with Crippen LogP contribution in [0.2, 0.25) is 0 Å². The molecule has 19 heavy (non-hydrogen) atoms. The summed E-state index contributed by atoms with van der Waals surface area (Å²) in [6.45, 7) is 0. The van der Waals surface area contributed by atoms with Crippen LogP contribution in [0.3, 0.4) is 0 Å². The highest BCUT2D eigenvalue weighted by Crippen LogP contribution is 2.18. The van der Waals surface area contributed by atoms with Crippen LogP contribution in [-0.2, 0) is 0 Å². The van der Waals surface area contributed by atoms with Gasteiger partial charge in [-0.3, -0.25) is 0 Å². The maximum atomic E-state index is 5.20. The van der Waals surface area contributed by atoms with Crippen LogP contribution in [0.5, 0.6) is 0 Å². The smallest absolute Gasteiger partial charge is 0.195 e. The molecule has 0 unspecified atom stereocenters. The molecule has 0 aliphatic heterocycles. The summed E-state index contributed by atoms with van der Waals surface area (Å²) in [6, 6.07) is 13.5. The highest BCUT2D eigenvalue weighted by molar-refractivity contribution is 7.71. The summed E-state index contributed by atoms with van der Waals surface area (Å²) in [5.74, 6) is 1.11. The molecule has 0 aliphatic rings. The molecule has 0 saturated carbocycles. The molecule has 0 bridgehead atoms. The van der Waals surface area contributed by atoms with Crippen LogP contribution < -0.4 is 0 Å². The lowest BCUT2D eigenvalue weighted by molar-refractivity contribution is 1.07. The molecule has 2 aromatic heterocycles. The fraction of sp³-hybridized carbons (Fsp3) is 0. The van der Waals surface area contributed by atoms with Crippen molar-refractivity contribution in [3.63, 3.8) is 0 Å². The zero-order valence-electron chi connectivity index (χ0n) is 9.95. The van der Waals surface area contributed by atoms with Gasteiger partial charge in [0.15, 0.2) is 11.6 Å². The van der Waals surface area contributed by atoms with E-state index < -0.39 is 0 Å². The Hall–Kier alpha value is -2.40. The summed E-state index contributed by atoms with van der Waals surface area (Å²) < 4.78 is 0.514. The van der Waals surface area contributed by atoms with Gasteiger partial charge in [-0.1, -0.05) is 42.5 Å². The first kappa shape index (κ1) is 11.7. The Morgan fingerprint density at radius 2 is 1.68 bits per heavy atom. The van der Waals surface area contributed by atoms with Crippen molar-refractivity contribution in [3.8, 4) is 22.9 Å². The summed E-state index contributed by atoms with van der Waals surface area (Å²) in [5.41, 5.74) is 1.95. The molecule has 0 amide bonds. The second kappa shape index (κ2) is 5.07. The number of nitrogens with one attached hydrogen (secondary N) is 1. The molecule has 0 spiro atoms. The van der Waals surface area contributed by atoms with E-state index in [1.165, 1.54) is 0 Å². The van der Waals surface area contributed by atoms with Crippen molar-refractivity contribution >= 4 is 12.2 Å². The van der Waals surface area contributed by atoms with Gasteiger partial charge < -0.3 is 4.98 Å². The molecule has 1 aromatic carbocycles.